The highest BCUT2D eigenvalue weighted by Gasteiger charge is 2.23. The zero-order valence-corrected chi connectivity index (χ0v) is 16.4. The molecule has 6 heteroatoms. The number of carbonyl (C=O) groups is 2. The first kappa shape index (κ1) is 19.6. The molecule has 3 rings (SSSR count). The van der Waals surface area contributed by atoms with Gasteiger partial charge in [-0.1, -0.05) is 56.2 Å². The van der Waals surface area contributed by atoms with Crippen molar-refractivity contribution in [1.29, 1.82) is 0 Å². The van der Waals surface area contributed by atoms with Crippen LogP contribution >= 0.6 is 0 Å². The Bertz CT molecular complexity index is 950. The van der Waals surface area contributed by atoms with Crippen LogP contribution in [0.25, 0.3) is 5.52 Å². The van der Waals surface area contributed by atoms with Gasteiger partial charge in [0.15, 0.2) is 5.69 Å². The molecule has 0 unspecified atom stereocenters. The van der Waals surface area contributed by atoms with E-state index in [0.717, 1.165) is 24.8 Å². The number of fused-ring (bicyclic) bond motifs is 1. The number of rotatable bonds is 8. The monoisotopic (exact) mass is 378 g/mol. The molecule has 0 fully saturated rings. The molecule has 0 aliphatic heterocycles. The van der Waals surface area contributed by atoms with Gasteiger partial charge in [0, 0.05) is 26.3 Å². The van der Waals surface area contributed by atoms with Gasteiger partial charge in [0.05, 0.1) is 5.52 Å². The van der Waals surface area contributed by atoms with Gasteiger partial charge < -0.3 is 10.2 Å². The Morgan fingerprint density at radius 1 is 1.07 bits per heavy atom. The van der Waals surface area contributed by atoms with E-state index in [1.807, 2.05) is 48.5 Å². The van der Waals surface area contributed by atoms with Crippen LogP contribution in [0.3, 0.4) is 0 Å². The van der Waals surface area contributed by atoms with Crippen molar-refractivity contribution in [2.24, 2.45) is 0 Å². The first-order valence-electron chi connectivity index (χ1n) is 9.66. The molecule has 0 aliphatic rings. The van der Waals surface area contributed by atoms with E-state index in [4.69, 9.17) is 0 Å². The maximum absolute atomic E-state index is 13.0. The molecule has 0 saturated heterocycles. The number of aromatic nitrogens is 2. The summed E-state index contributed by atoms with van der Waals surface area (Å²) >= 11 is 0. The fraction of sp³-hybridized carbons (Fsp3) is 0.318. The molecule has 2 heterocycles. The summed E-state index contributed by atoms with van der Waals surface area (Å²) in [5, 5.41) is 2.91. The first-order chi connectivity index (χ1) is 13.6. The molecule has 28 heavy (non-hydrogen) atoms. The second-order valence-electron chi connectivity index (χ2n) is 6.85. The second kappa shape index (κ2) is 9.17. The Hall–Kier alpha value is -3.15. The SMILES string of the molecule is CCCCCNC(=O)c1nc(C(=O)N(C)Cc2ccccc2)n2ccccc12. The third-order valence-corrected chi connectivity index (χ3v) is 4.63. The lowest BCUT2D eigenvalue weighted by atomic mass is 10.2. The van der Waals surface area contributed by atoms with Crippen molar-refractivity contribution >= 4 is 17.3 Å². The Labute approximate surface area is 165 Å². The van der Waals surface area contributed by atoms with Crippen molar-refractivity contribution in [2.75, 3.05) is 13.6 Å². The minimum atomic E-state index is -0.246. The standard InChI is InChI=1S/C22H26N4O2/c1-3-4-9-14-23-21(27)19-18-13-8-10-15-26(18)20(24-19)22(28)25(2)16-17-11-6-5-7-12-17/h5-8,10-13,15H,3-4,9,14,16H2,1-2H3,(H,23,27). The number of unbranched alkanes of at least 4 members (excludes halogenated alkanes) is 2. The molecule has 0 radical (unpaired) electrons. The van der Waals surface area contributed by atoms with Gasteiger partial charge in [0.25, 0.3) is 11.8 Å². The van der Waals surface area contributed by atoms with Gasteiger partial charge in [0.2, 0.25) is 5.82 Å². The lowest BCUT2D eigenvalue weighted by Crippen LogP contribution is -2.28. The number of carbonyl (C=O) groups excluding carboxylic acids is 2. The lowest BCUT2D eigenvalue weighted by molar-refractivity contribution is 0.0772. The van der Waals surface area contributed by atoms with Crippen LogP contribution in [0.15, 0.2) is 54.7 Å². The number of imidazole rings is 1. The molecule has 0 aliphatic carbocycles. The Balaban J connectivity index is 1.83. The van der Waals surface area contributed by atoms with Crippen molar-refractivity contribution in [1.82, 2.24) is 19.6 Å². The van der Waals surface area contributed by atoms with E-state index in [1.165, 1.54) is 0 Å². The van der Waals surface area contributed by atoms with Crippen molar-refractivity contribution in [3.05, 3.63) is 71.8 Å². The molecule has 1 N–H and O–H groups in total. The maximum atomic E-state index is 13.0. The van der Waals surface area contributed by atoms with Gasteiger partial charge in [-0.05, 0) is 24.1 Å². The van der Waals surface area contributed by atoms with E-state index in [1.54, 1.807) is 22.5 Å². The summed E-state index contributed by atoms with van der Waals surface area (Å²) in [4.78, 5) is 31.6. The predicted octanol–water partition coefficient (Wildman–Crippen LogP) is 3.53. The van der Waals surface area contributed by atoms with Gasteiger partial charge in [-0.15, -0.1) is 0 Å². The van der Waals surface area contributed by atoms with Crippen molar-refractivity contribution < 1.29 is 9.59 Å². The molecule has 0 atom stereocenters. The van der Waals surface area contributed by atoms with Crippen molar-refractivity contribution in [3.8, 4) is 0 Å². The summed E-state index contributed by atoms with van der Waals surface area (Å²) in [6, 6.07) is 15.3. The topological polar surface area (TPSA) is 66.7 Å². The summed E-state index contributed by atoms with van der Waals surface area (Å²) in [6.07, 6.45) is 4.85. The van der Waals surface area contributed by atoms with E-state index in [0.29, 0.717) is 18.6 Å². The van der Waals surface area contributed by atoms with Crippen LogP contribution in [0.1, 0.15) is 52.9 Å². The highest BCUT2D eigenvalue weighted by Crippen LogP contribution is 2.16. The van der Waals surface area contributed by atoms with Gasteiger partial charge in [-0.25, -0.2) is 4.98 Å². The molecule has 0 spiro atoms. The number of benzene rings is 1. The van der Waals surface area contributed by atoms with Crippen molar-refractivity contribution in [2.45, 2.75) is 32.7 Å². The van der Waals surface area contributed by atoms with E-state index in [2.05, 4.69) is 17.2 Å². The molecule has 146 valence electrons. The Kier molecular flexibility index (Phi) is 6.42. The molecule has 2 amide bonds. The molecule has 3 aromatic rings. The summed E-state index contributed by atoms with van der Waals surface area (Å²) < 4.78 is 1.69. The van der Waals surface area contributed by atoms with Crippen LogP contribution < -0.4 is 5.32 Å². The fourth-order valence-corrected chi connectivity index (χ4v) is 3.12. The molecule has 6 nitrogen and oxygen atoms in total. The largest absolute Gasteiger partial charge is 0.351 e. The summed E-state index contributed by atoms with van der Waals surface area (Å²) in [6.45, 7) is 3.20. The minimum Gasteiger partial charge on any atom is -0.351 e. The van der Waals surface area contributed by atoms with E-state index >= 15 is 0 Å². The van der Waals surface area contributed by atoms with Gasteiger partial charge >= 0.3 is 0 Å². The van der Waals surface area contributed by atoms with E-state index < -0.39 is 0 Å². The number of nitrogens with zero attached hydrogens (tertiary/aromatic N) is 3. The average molecular weight is 378 g/mol. The van der Waals surface area contributed by atoms with Gasteiger partial charge in [-0.2, -0.15) is 0 Å². The highest BCUT2D eigenvalue weighted by molar-refractivity contribution is 6.02. The summed E-state index contributed by atoms with van der Waals surface area (Å²) in [5.74, 6) is -0.229. The van der Waals surface area contributed by atoms with Gasteiger partial charge in [0.1, 0.15) is 0 Å². The molecular weight excluding hydrogens is 352 g/mol. The van der Waals surface area contributed by atoms with Crippen LogP contribution in [0.2, 0.25) is 0 Å². The minimum absolute atomic E-state index is 0.227. The molecule has 2 aromatic heterocycles. The Morgan fingerprint density at radius 3 is 2.57 bits per heavy atom. The first-order valence-corrected chi connectivity index (χ1v) is 9.66. The number of hydrogen-bond acceptors (Lipinski definition) is 3. The summed E-state index contributed by atoms with van der Waals surface area (Å²) in [5.41, 5.74) is 1.95. The third kappa shape index (κ3) is 4.39. The lowest BCUT2D eigenvalue weighted by Gasteiger charge is -2.16. The van der Waals surface area contributed by atoms with Crippen LogP contribution in [-0.2, 0) is 6.54 Å². The normalized spacial score (nSPS) is 10.8. The zero-order valence-electron chi connectivity index (χ0n) is 16.4. The van der Waals surface area contributed by atoms with Crippen LogP contribution in [0.5, 0.6) is 0 Å². The fourth-order valence-electron chi connectivity index (χ4n) is 3.12. The number of hydrogen-bond donors (Lipinski definition) is 1. The van der Waals surface area contributed by atoms with Crippen LogP contribution in [0, 0.1) is 0 Å². The third-order valence-electron chi connectivity index (χ3n) is 4.63. The predicted molar refractivity (Wildman–Crippen MR) is 109 cm³/mol. The molecule has 0 saturated carbocycles. The highest BCUT2D eigenvalue weighted by atomic mass is 16.2. The number of nitrogens with one attached hydrogen (secondary N) is 1. The number of pyridine rings is 1. The zero-order chi connectivity index (χ0) is 19.9. The summed E-state index contributed by atoms with van der Waals surface area (Å²) in [7, 11) is 1.74. The maximum Gasteiger partial charge on any atom is 0.290 e. The van der Waals surface area contributed by atoms with Crippen LogP contribution in [0.4, 0.5) is 0 Å². The van der Waals surface area contributed by atoms with E-state index in [9.17, 15) is 9.59 Å². The molecule has 0 bridgehead atoms. The molecule has 1 aromatic carbocycles. The van der Waals surface area contributed by atoms with E-state index in [-0.39, 0.29) is 23.3 Å². The van der Waals surface area contributed by atoms with Crippen molar-refractivity contribution in [3.63, 3.8) is 0 Å². The molecular formula is C22H26N4O2. The number of amides is 2. The van der Waals surface area contributed by atoms with Crippen LogP contribution in [-0.4, -0.2) is 39.7 Å². The quantitative estimate of drug-likeness (QED) is 0.610. The smallest absolute Gasteiger partial charge is 0.290 e. The Morgan fingerprint density at radius 2 is 1.82 bits per heavy atom. The van der Waals surface area contributed by atoms with Gasteiger partial charge in [-0.3, -0.25) is 14.0 Å². The second-order valence-corrected chi connectivity index (χ2v) is 6.85. The average Bonchev–Trinajstić information content (AvgIpc) is 3.11.